The topological polar surface area (TPSA) is 26.3 Å². The Morgan fingerprint density at radius 2 is 2.18 bits per heavy atom. The minimum Gasteiger partial charge on any atom is -0.446 e. The van der Waals surface area contributed by atoms with Gasteiger partial charge in [-0.05, 0) is 40.5 Å². The molecule has 3 rings (SSSR count). The van der Waals surface area contributed by atoms with Crippen LogP contribution in [0, 0.1) is 6.92 Å². The standard InChI is InChI=1S/C13H9BrO2S/c1-7-2-3-8-5-10(15)9-6-12(14)17-13(9)16-11(8)4-7/h2-4,6H,5H2,1H3. The Labute approximate surface area is 111 Å². The average molecular weight is 309 g/mol. The molecule has 0 radical (unpaired) electrons. The van der Waals surface area contributed by atoms with Crippen LogP contribution in [0.2, 0.25) is 0 Å². The molecule has 0 fully saturated rings. The highest BCUT2D eigenvalue weighted by molar-refractivity contribution is 9.11. The van der Waals surface area contributed by atoms with E-state index in [0.29, 0.717) is 17.0 Å². The van der Waals surface area contributed by atoms with Gasteiger partial charge in [0.2, 0.25) is 0 Å². The van der Waals surface area contributed by atoms with Crippen LogP contribution in [-0.2, 0) is 6.42 Å². The number of ketones is 1. The summed E-state index contributed by atoms with van der Waals surface area (Å²) >= 11 is 4.84. The molecule has 0 amide bonds. The van der Waals surface area contributed by atoms with Gasteiger partial charge in [-0.15, -0.1) is 0 Å². The van der Waals surface area contributed by atoms with Crippen molar-refractivity contribution in [3.63, 3.8) is 0 Å². The van der Waals surface area contributed by atoms with Gasteiger partial charge in [-0.3, -0.25) is 4.79 Å². The zero-order chi connectivity index (χ0) is 12.0. The maximum Gasteiger partial charge on any atom is 0.192 e. The average Bonchev–Trinajstić information content (AvgIpc) is 2.58. The van der Waals surface area contributed by atoms with Crippen molar-refractivity contribution in [1.29, 1.82) is 0 Å². The number of hydrogen-bond donors (Lipinski definition) is 0. The van der Waals surface area contributed by atoms with Gasteiger partial charge in [0.25, 0.3) is 0 Å². The maximum atomic E-state index is 12.1. The van der Waals surface area contributed by atoms with Crippen molar-refractivity contribution in [2.75, 3.05) is 0 Å². The molecule has 86 valence electrons. The van der Waals surface area contributed by atoms with E-state index >= 15 is 0 Å². The number of thiophene rings is 1. The van der Waals surface area contributed by atoms with Crippen LogP contribution in [0.1, 0.15) is 21.5 Å². The minimum atomic E-state index is 0.115. The summed E-state index contributed by atoms with van der Waals surface area (Å²) in [6, 6.07) is 7.78. The Morgan fingerprint density at radius 1 is 1.35 bits per heavy atom. The Hall–Kier alpha value is -1.13. The Bertz CT molecular complexity index is 616. The van der Waals surface area contributed by atoms with Crippen LogP contribution in [0.25, 0.3) is 0 Å². The van der Waals surface area contributed by atoms with E-state index in [9.17, 15) is 4.79 Å². The van der Waals surface area contributed by atoms with E-state index in [2.05, 4.69) is 15.9 Å². The molecule has 17 heavy (non-hydrogen) atoms. The summed E-state index contributed by atoms with van der Waals surface area (Å²) in [6.07, 6.45) is 0.409. The first kappa shape index (κ1) is 11.0. The number of fused-ring (bicyclic) bond motifs is 2. The maximum absolute atomic E-state index is 12.1. The second kappa shape index (κ2) is 3.96. The van der Waals surface area contributed by atoms with Crippen LogP contribution >= 0.6 is 27.3 Å². The Balaban J connectivity index is 2.16. The molecule has 0 unspecified atom stereocenters. The molecule has 0 saturated carbocycles. The predicted octanol–water partition coefficient (Wildman–Crippen LogP) is 4.35. The highest BCUT2D eigenvalue weighted by Crippen LogP contribution is 2.41. The van der Waals surface area contributed by atoms with E-state index in [4.69, 9.17) is 4.74 Å². The first-order valence-corrected chi connectivity index (χ1v) is 6.84. The van der Waals surface area contributed by atoms with Crippen molar-refractivity contribution in [3.8, 4) is 10.8 Å². The summed E-state index contributed by atoms with van der Waals surface area (Å²) in [5.41, 5.74) is 2.77. The monoisotopic (exact) mass is 308 g/mol. The first-order valence-electron chi connectivity index (χ1n) is 5.23. The van der Waals surface area contributed by atoms with Crippen molar-refractivity contribution in [2.24, 2.45) is 0 Å². The van der Waals surface area contributed by atoms with Crippen LogP contribution in [0.5, 0.6) is 10.8 Å². The molecule has 0 N–H and O–H groups in total. The number of ether oxygens (including phenoxy) is 1. The molecular weight excluding hydrogens is 300 g/mol. The molecule has 1 aromatic carbocycles. The zero-order valence-electron chi connectivity index (χ0n) is 9.12. The number of aryl methyl sites for hydroxylation is 1. The van der Waals surface area contributed by atoms with E-state index < -0.39 is 0 Å². The SMILES string of the molecule is Cc1ccc2c(c1)Oc1sc(Br)cc1C(=O)C2. The Morgan fingerprint density at radius 3 is 3.00 bits per heavy atom. The summed E-state index contributed by atoms with van der Waals surface area (Å²) in [5.74, 6) is 0.913. The molecule has 0 atom stereocenters. The fourth-order valence-corrected chi connectivity index (χ4v) is 3.32. The third kappa shape index (κ3) is 1.91. The van der Waals surface area contributed by atoms with Gasteiger partial charge in [0.15, 0.2) is 10.8 Å². The number of carbonyl (C=O) groups is 1. The summed E-state index contributed by atoms with van der Waals surface area (Å²) in [6.45, 7) is 2.02. The van der Waals surface area contributed by atoms with Crippen molar-refractivity contribution < 1.29 is 9.53 Å². The van der Waals surface area contributed by atoms with Gasteiger partial charge in [0.1, 0.15) is 5.75 Å². The largest absolute Gasteiger partial charge is 0.446 e. The molecule has 0 bridgehead atoms. The number of halogens is 1. The summed E-state index contributed by atoms with van der Waals surface area (Å²) in [7, 11) is 0. The van der Waals surface area contributed by atoms with E-state index in [-0.39, 0.29) is 5.78 Å². The van der Waals surface area contributed by atoms with Crippen molar-refractivity contribution in [2.45, 2.75) is 13.3 Å². The van der Waals surface area contributed by atoms with Gasteiger partial charge in [-0.2, -0.15) is 0 Å². The minimum absolute atomic E-state index is 0.115. The fourth-order valence-electron chi connectivity index (χ4n) is 1.89. The lowest BCUT2D eigenvalue weighted by atomic mass is 10.0. The Kier molecular flexibility index (Phi) is 2.56. The number of rotatable bonds is 0. The quantitative estimate of drug-likeness (QED) is 0.723. The van der Waals surface area contributed by atoms with E-state index in [1.54, 1.807) is 0 Å². The molecule has 2 heterocycles. The molecule has 2 nitrogen and oxygen atoms in total. The molecule has 4 heteroatoms. The van der Waals surface area contributed by atoms with E-state index in [1.807, 2.05) is 31.2 Å². The summed E-state index contributed by atoms with van der Waals surface area (Å²) in [5, 5.41) is 0.686. The van der Waals surface area contributed by atoms with Crippen LogP contribution in [0.15, 0.2) is 28.1 Å². The number of carbonyl (C=O) groups excluding carboxylic acids is 1. The number of hydrogen-bond acceptors (Lipinski definition) is 3. The van der Waals surface area contributed by atoms with Gasteiger partial charge >= 0.3 is 0 Å². The third-order valence-corrected chi connectivity index (χ3v) is 4.26. The van der Waals surface area contributed by atoms with Gasteiger partial charge < -0.3 is 4.74 Å². The second-order valence-electron chi connectivity index (χ2n) is 4.06. The second-order valence-corrected chi connectivity index (χ2v) is 6.46. The molecule has 2 aromatic rings. The lowest BCUT2D eigenvalue weighted by Gasteiger charge is -2.06. The molecule has 1 aliphatic rings. The van der Waals surface area contributed by atoms with Crippen LogP contribution in [0.4, 0.5) is 0 Å². The fraction of sp³-hybridized carbons (Fsp3) is 0.154. The smallest absolute Gasteiger partial charge is 0.192 e. The summed E-state index contributed by atoms with van der Waals surface area (Å²) < 4.78 is 6.77. The van der Waals surface area contributed by atoms with Crippen LogP contribution in [-0.4, -0.2) is 5.78 Å². The van der Waals surface area contributed by atoms with Gasteiger partial charge in [-0.1, -0.05) is 23.5 Å². The third-order valence-electron chi connectivity index (χ3n) is 2.74. The molecule has 0 spiro atoms. The van der Waals surface area contributed by atoms with E-state index in [0.717, 1.165) is 20.7 Å². The highest BCUT2D eigenvalue weighted by atomic mass is 79.9. The van der Waals surface area contributed by atoms with Gasteiger partial charge in [0, 0.05) is 12.0 Å². The summed E-state index contributed by atoms with van der Waals surface area (Å²) in [4.78, 5) is 12.1. The molecular formula is C13H9BrO2S. The van der Waals surface area contributed by atoms with Crippen molar-refractivity contribution in [3.05, 3.63) is 44.7 Å². The highest BCUT2D eigenvalue weighted by Gasteiger charge is 2.23. The van der Waals surface area contributed by atoms with Crippen LogP contribution < -0.4 is 4.74 Å². The number of Topliss-reactive ketones (excluding diaryl/α,β-unsaturated/α-hetero) is 1. The predicted molar refractivity (Wildman–Crippen MR) is 71.3 cm³/mol. The lowest BCUT2D eigenvalue weighted by Crippen LogP contribution is -2.00. The van der Waals surface area contributed by atoms with E-state index in [1.165, 1.54) is 11.3 Å². The van der Waals surface area contributed by atoms with Gasteiger partial charge in [-0.25, -0.2) is 0 Å². The zero-order valence-corrected chi connectivity index (χ0v) is 11.5. The normalized spacial score (nSPS) is 13.6. The molecule has 1 aliphatic heterocycles. The van der Waals surface area contributed by atoms with Gasteiger partial charge in [0.05, 0.1) is 9.35 Å². The first-order chi connectivity index (χ1) is 8.13. The number of benzene rings is 1. The van der Waals surface area contributed by atoms with Crippen LogP contribution in [0.3, 0.4) is 0 Å². The lowest BCUT2D eigenvalue weighted by molar-refractivity contribution is 0.0994. The molecule has 0 aliphatic carbocycles. The van der Waals surface area contributed by atoms with Crippen molar-refractivity contribution in [1.82, 2.24) is 0 Å². The molecule has 1 aromatic heterocycles. The van der Waals surface area contributed by atoms with Crippen molar-refractivity contribution >= 4 is 33.0 Å². The molecule has 0 saturated heterocycles.